The maximum atomic E-state index is 11.6. The van der Waals surface area contributed by atoms with Gasteiger partial charge in [-0.05, 0) is 53.7 Å². The van der Waals surface area contributed by atoms with Gasteiger partial charge >= 0.3 is 11.9 Å². The Kier molecular flexibility index (Phi) is 17.0. The lowest BCUT2D eigenvalue weighted by Gasteiger charge is -2.33. The maximum absolute atomic E-state index is 11.6. The summed E-state index contributed by atoms with van der Waals surface area (Å²) in [4.78, 5) is 23.2. The van der Waals surface area contributed by atoms with E-state index in [1.165, 1.54) is 0 Å². The van der Waals surface area contributed by atoms with Gasteiger partial charge in [0, 0.05) is 28.7 Å². The molecule has 0 aromatic heterocycles. The number of ether oxygens (including phenoxy) is 10. The van der Waals surface area contributed by atoms with Gasteiger partial charge < -0.3 is 47.4 Å². The first-order chi connectivity index (χ1) is 23.6. The summed E-state index contributed by atoms with van der Waals surface area (Å²) in [7, 11) is 0. The first-order valence-corrected chi connectivity index (χ1v) is 16.6. The molecule has 49 heavy (non-hydrogen) atoms. The summed E-state index contributed by atoms with van der Waals surface area (Å²) < 4.78 is 59.6. The molecule has 0 amide bonds. The number of carbonyl (C=O) groups is 2. The van der Waals surface area contributed by atoms with Crippen LogP contribution in [0.3, 0.4) is 0 Å². The van der Waals surface area contributed by atoms with E-state index in [4.69, 9.17) is 47.4 Å². The second-order valence-electron chi connectivity index (χ2n) is 10.5. The molecular formula is C37H52O12. The minimum atomic E-state index is -0.861. The molecule has 0 spiro atoms. The summed E-state index contributed by atoms with van der Waals surface area (Å²) in [5.74, 6) is 1.92. The summed E-state index contributed by atoms with van der Waals surface area (Å²) in [6.45, 7) is 24.0. The topological polar surface area (TPSA) is 126 Å². The average Bonchev–Trinajstić information content (AvgIpc) is 3.08. The van der Waals surface area contributed by atoms with Gasteiger partial charge in [-0.25, -0.2) is 9.59 Å². The fourth-order valence-electron chi connectivity index (χ4n) is 4.89. The zero-order valence-corrected chi connectivity index (χ0v) is 30.2. The summed E-state index contributed by atoms with van der Waals surface area (Å²) >= 11 is 0. The largest absolute Gasteiger partial charge is 0.490 e. The van der Waals surface area contributed by atoms with Crippen molar-refractivity contribution in [2.24, 2.45) is 0 Å². The molecule has 0 saturated heterocycles. The van der Waals surface area contributed by atoms with Gasteiger partial charge in [0.05, 0.1) is 39.6 Å². The van der Waals surface area contributed by atoms with Crippen molar-refractivity contribution >= 4 is 11.9 Å². The molecule has 0 heterocycles. The van der Waals surface area contributed by atoms with Crippen LogP contribution >= 0.6 is 0 Å². The molecule has 0 N–H and O–H groups in total. The maximum Gasteiger partial charge on any atom is 0.330 e. The van der Waals surface area contributed by atoms with Crippen molar-refractivity contribution in [3.05, 3.63) is 48.6 Å². The Morgan fingerprint density at radius 3 is 1.14 bits per heavy atom. The van der Waals surface area contributed by atoms with Crippen LogP contribution in [0, 0.1) is 0 Å². The van der Waals surface area contributed by atoms with Crippen LogP contribution in [0.2, 0.25) is 0 Å². The molecule has 2 aromatic rings. The highest BCUT2D eigenvalue weighted by molar-refractivity contribution is 5.81. The molecule has 0 atom stereocenters. The van der Waals surface area contributed by atoms with E-state index in [-0.39, 0.29) is 26.4 Å². The van der Waals surface area contributed by atoms with Crippen molar-refractivity contribution in [1.29, 1.82) is 0 Å². The molecule has 2 aromatic carbocycles. The lowest BCUT2D eigenvalue weighted by Crippen LogP contribution is -2.24. The third-order valence-corrected chi connectivity index (χ3v) is 6.90. The van der Waals surface area contributed by atoms with Crippen molar-refractivity contribution < 1.29 is 57.0 Å². The predicted octanol–water partition coefficient (Wildman–Crippen LogP) is 6.62. The number of benzene rings is 2. The molecule has 0 unspecified atom stereocenters. The summed E-state index contributed by atoms with van der Waals surface area (Å²) in [5, 5.41) is 0. The van der Waals surface area contributed by atoms with Gasteiger partial charge in [0.1, 0.15) is 26.4 Å². The molecule has 0 aliphatic rings. The highest BCUT2D eigenvalue weighted by Crippen LogP contribution is 2.56. The van der Waals surface area contributed by atoms with Gasteiger partial charge in [0.2, 0.25) is 23.0 Å². The van der Waals surface area contributed by atoms with Gasteiger partial charge in [-0.2, -0.15) is 0 Å². The second kappa shape index (κ2) is 20.6. The van der Waals surface area contributed by atoms with E-state index in [0.29, 0.717) is 96.8 Å². The Morgan fingerprint density at radius 1 is 0.510 bits per heavy atom. The quantitative estimate of drug-likeness (QED) is 0.0668. The fourth-order valence-corrected chi connectivity index (χ4v) is 4.89. The third-order valence-electron chi connectivity index (χ3n) is 6.90. The normalized spacial score (nSPS) is 10.8. The SMILES string of the molecule is C=CC(=O)OCCOc1c(OCC)cc(C(C)(C)c2cc(OCC)c(OCCOC(=O)C=C)c(OCC)c2OCC)c(OCC)c1OCC. The molecule has 272 valence electrons. The van der Waals surface area contributed by atoms with Gasteiger partial charge in [0.15, 0.2) is 23.0 Å². The van der Waals surface area contributed by atoms with E-state index >= 15 is 0 Å². The molecule has 0 bridgehead atoms. The fraction of sp³-hybridized carbons (Fsp3) is 0.514. The average molecular weight is 689 g/mol. The van der Waals surface area contributed by atoms with Crippen LogP contribution in [0.15, 0.2) is 37.4 Å². The number of hydrogen-bond donors (Lipinski definition) is 0. The molecule has 0 aliphatic heterocycles. The Bertz CT molecular complexity index is 1300. The van der Waals surface area contributed by atoms with E-state index in [9.17, 15) is 9.59 Å². The molecule has 0 radical (unpaired) electrons. The highest BCUT2D eigenvalue weighted by atomic mass is 16.6. The standard InChI is InChI=1S/C37H52O12/c1-11-29(38)46-19-21-48-33-27(40-13-3)23-25(31(42-15-5)35(33)44-17-7)37(9,10)26-24-28(41-14-4)34(49-22-20-47-30(39)12-2)36(45-18-8)32(26)43-16-6/h11-12,23-24H,1-2,13-22H2,3-10H3. The van der Waals surface area contributed by atoms with E-state index in [1.807, 2.05) is 67.5 Å². The van der Waals surface area contributed by atoms with Gasteiger partial charge in [-0.15, -0.1) is 0 Å². The van der Waals surface area contributed by atoms with Gasteiger partial charge in [-0.1, -0.05) is 27.0 Å². The zero-order chi connectivity index (χ0) is 36.4. The Morgan fingerprint density at radius 2 is 0.837 bits per heavy atom. The van der Waals surface area contributed by atoms with Crippen LogP contribution in [0.5, 0.6) is 46.0 Å². The van der Waals surface area contributed by atoms with Crippen molar-refractivity contribution in [2.75, 3.05) is 66.1 Å². The van der Waals surface area contributed by atoms with Crippen molar-refractivity contribution in [3.63, 3.8) is 0 Å². The van der Waals surface area contributed by atoms with Crippen LogP contribution in [-0.4, -0.2) is 78.0 Å². The molecule has 12 heteroatoms. The Labute approximate surface area is 290 Å². The molecule has 2 rings (SSSR count). The highest BCUT2D eigenvalue weighted by Gasteiger charge is 2.38. The lowest BCUT2D eigenvalue weighted by atomic mass is 9.76. The minimum absolute atomic E-state index is 0.0115. The van der Waals surface area contributed by atoms with E-state index < -0.39 is 17.4 Å². The van der Waals surface area contributed by atoms with E-state index in [0.717, 1.165) is 12.2 Å². The minimum Gasteiger partial charge on any atom is -0.490 e. The summed E-state index contributed by atoms with van der Waals surface area (Å²) in [6.07, 6.45) is 2.18. The van der Waals surface area contributed by atoms with Crippen molar-refractivity contribution in [3.8, 4) is 46.0 Å². The van der Waals surface area contributed by atoms with Crippen LogP contribution in [0.4, 0.5) is 0 Å². The van der Waals surface area contributed by atoms with E-state index in [1.54, 1.807) is 0 Å². The summed E-state index contributed by atoms with van der Waals surface area (Å²) in [6, 6.07) is 3.72. The second-order valence-corrected chi connectivity index (χ2v) is 10.5. The van der Waals surface area contributed by atoms with Gasteiger partial charge in [-0.3, -0.25) is 0 Å². The first-order valence-electron chi connectivity index (χ1n) is 16.6. The van der Waals surface area contributed by atoms with Crippen molar-refractivity contribution in [1.82, 2.24) is 0 Å². The van der Waals surface area contributed by atoms with Crippen LogP contribution < -0.4 is 37.9 Å². The van der Waals surface area contributed by atoms with Crippen LogP contribution in [0.25, 0.3) is 0 Å². The number of esters is 2. The van der Waals surface area contributed by atoms with E-state index in [2.05, 4.69) is 13.2 Å². The Hall–Kier alpha value is -4.74. The third kappa shape index (κ3) is 10.6. The molecule has 0 fully saturated rings. The Balaban J connectivity index is 2.89. The molecular weight excluding hydrogens is 636 g/mol. The van der Waals surface area contributed by atoms with Gasteiger partial charge in [0.25, 0.3) is 0 Å². The number of hydrogen-bond acceptors (Lipinski definition) is 12. The predicted molar refractivity (Wildman–Crippen MR) is 185 cm³/mol. The van der Waals surface area contributed by atoms with Crippen LogP contribution in [-0.2, 0) is 24.5 Å². The monoisotopic (exact) mass is 688 g/mol. The zero-order valence-electron chi connectivity index (χ0n) is 30.2. The molecule has 0 aliphatic carbocycles. The summed E-state index contributed by atoms with van der Waals surface area (Å²) in [5.41, 5.74) is 0.561. The smallest absolute Gasteiger partial charge is 0.330 e. The molecule has 0 saturated carbocycles. The van der Waals surface area contributed by atoms with Crippen LogP contribution in [0.1, 0.15) is 66.5 Å². The molecule has 12 nitrogen and oxygen atoms in total. The van der Waals surface area contributed by atoms with Crippen molar-refractivity contribution in [2.45, 2.75) is 60.8 Å². The lowest BCUT2D eigenvalue weighted by molar-refractivity contribution is -0.139. The first kappa shape index (κ1) is 40.4. The number of carbonyl (C=O) groups excluding carboxylic acids is 2. The number of rotatable bonds is 24.